The Balaban J connectivity index is 2.28. The van der Waals surface area contributed by atoms with Crippen molar-refractivity contribution in [1.82, 2.24) is 0 Å². The fourth-order valence-corrected chi connectivity index (χ4v) is 2.38. The Kier molecular flexibility index (Phi) is 4.07. The zero-order valence-electron chi connectivity index (χ0n) is 11.0. The van der Waals surface area contributed by atoms with Crippen LogP contribution >= 0.6 is 15.9 Å². The van der Waals surface area contributed by atoms with Crippen LogP contribution in [0.25, 0.3) is 0 Å². The first-order valence-corrected chi connectivity index (χ1v) is 7.12. The molecule has 2 aromatic rings. The highest BCUT2D eigenvalue weighted by atomic mass is 79.9. The maximum atomic E-state index is 5.95. The van der Waals surface area contributed by atoms with Crippen LogP contribution in [0.1, 0.15) is 22.3 Å². The van der Waals surface area contributed by atoms with Crippen molar-refractivity contribution in [3.63, 3.8) is 0 Å². The van der Waals surface area contributed by atoms with Crippen LogP contribution in [0.2, 0.25) is 0 Å². The molecular formula is C16H17BrO. The standard InChI is InChI=1S/C16H17BrO/c1-11-6-12(2)8-15(7-11)18-16-5-4-14(10-17)9-13(16)3/h4-9H,10H2,1-3H3. The molecule has 0 heterocycles. The van der Waals surface area contributed by atoms with E-state index in [1.165, 1.54) is 16.7 Å². The minimum atomic E-state index is 0.873. The van der Waals surface area contributed by atoms with Crippen LogP contribution in [0, 0.1) is 20.8 Å². The third-order valence-electron chi connectivity index (χ3n) is 2.82. The molecule has 2 rings (SSSR count). The van der Waals surface area contributed by atoms with Crippen molar-refractivity contribution in [3.8, 4) is 11.5 Å². The summed E-state index contributed by atoms with van der Waals surface area (Å²) in [5.41, 5.74) is 4.87. The number of hydrogen-bond acceptors (Lipinski definition) is 1. The van der Waals surface area contributed by atoms with Crippen molar-refractivity contribution < 1.29 is 4.74 Å². The van der Waals surface area contributed by atoms with Gasteiger partial charge in [0, 0.05) is 5.33 Å². The lowest BCUT2D eigenvalue weighted by molar-refractivity contribution is 0.478. The third-order valence-corrected chi connectivity index (χ3v) is 3.46. The average molecular weight is 305 g/mol. The van der Waals surface area contributed by atoms with Crippen molar-refractivity contribution in [2.45, 2.75) is 26.1 Å². The molecule has 0 radical (unpaired) electrons. The highest BCUT2D eigenvalue weighted by Gasteiger charge is 2.03. The number of rotatable bonds is 3. The van der Waals surface area contributed by atoms with Crippen molar-refractivity contribution in [3.05, 3.63) is 58.7 Å². The Labute approximate surface area is 117 Å². The SMILES string of the molecule is Cc1cc(C)cc(Oc2ccc(CBr)cc2C)c1. The molecule has 0 aliphatic rings. The van der Waals surface area contributed by atoms with Gasteiger partial charge in [-0.25, -0.2) is 0 Å². The molecule has 0 bridgehead atoms. The summed E-state index contributed by atoms with van der Waals surface area (Å²) in [7, 11) is 0. The molecule has 0 aliphatic carbocycles. The Morgan fingerprint density at radius 2 is 1.61 bits per heavy atom. The molecule has 0 saturated heterocycles. The summed E-state index contributed by atoms with van der Waals surface area (Å²) in [6.07, 6.45) is 0. The summed E-state index contributed by atoms with van der Waals surface area (Å²) in [5.74, 6) is 1.83. The van der Waals surface area contributed by atoms with Crippen molar-refractivity contribution in [1.29, 1.82) is 0 Å². The highest BCUT2D eigenvalue weighted by molar-refractivity contribution is 9.08. The number of halogens is 1. The van der Waals surface area contributed by atoms with Crippen molar-refractivity contribution in [2.24, 2.45) is 0 Å². The first-order chi connectivity index (χ1) is 8.58. The van der Waals surface area contributed by atoms with E-state index in [0.717, 1.165) is 22.4 Å². The molecule has 0 atom stereocenters. The van der Waals surface area contributed by atoms with Crippen LogP contribution in [0.15, 0.2) is 36.4 Å². The largest absolute Gasteiger partial charge is 0.457 e. The molecule has 0 N–H and O–H groups in total. The van der Waals surface area contributed by atoms with Crippen molar-refractivity contribution >= 4 is 15.9 Å². The van der Waals surface area contributed by atoms with Gasteiger partial charge in [0.15, 0.2) is 0 Å². The topological polar surface area (TPSA) is 9.23 Å². The van der Waals surface area contributed by atoms with E-state index in [-0.39, 0.29) is 0 Å². The molecule has 94 valence electrons. The van der Waals surface area contributed by atoms with E-state index in [1.54, 1.807) is 0 Å². The van der Waals surface area contributed by atoms with Crippen molar-refractivity contribution in [2.75, 3.05) is 0 Å². The first kappa shape index (κ1) is 13.2. The molecule has 0 amide bonds. The van der Waals surface area contributed by atoms with Crippen LogP contribution in [-0.4, -0.2) is 0 Å². The fourth-order valence-electron chi connectivity index (χ4n) is 2.03. The zero-order valence-corrected chi connectivity index (χ0v) is 12.5. The van der Waals surface area contributed by atoms with E-state index in [1.807, 2.05) is 6.07 Å². The summed E-state index contributed by atoms with van der Waals surface area (Å²) >= 11 is 3.46. The Bertz CT molecular complexity index is 541. The third kappa shape index (κ3) is 3.14. The second kappa shape index (κ2) is 5.57. The number of ether oxygens (including phenoxy) is 1. The van der Waals surface area contributed by atoms with E-state index < -0.39 is 0 Å². The molecule has 2 heteroatoms. The maximum Gasteiger partial charge on any atom is 0.130 e. The monoisotopic (exact) mass is 304 g/mol. The molecule has 18 heavy (non-hydrogen) atoms. The molecule has 0 aromatic heterocycles. The van der Waals surface area contributed by atoms with E-state index >= 15 is 0 Å². The molecule has 1 nitrogen and oxygen atoms in total. The van der Waals surface area contributed by atoms with Crippen LogP contribution in [0.4, 0.5) is 0 Å². The van der Waals surface area contributed by atoms with Crippen LogP contribution in [0.5, 0.6) is 11.5 Å². The summed E-state index contributed by atoms with van der Waals surface area (Å²) in [6.45, 7) is 6.24. The molecule has 0 aliphatic heterocycles. The predicted molar refractivity (Wildman–Crippen MR) is 79.8 cm³/mol. The van der Waals surface area contributed by atoms with E-state index in [4.69, 9.17) is 4.74 Å². The average Bonchev–Trinajstić information content (AvgIpc) is 2.30. The Hall–Kier alpha value is -1.28. The molecule has 0 unspecified atom stereocenters. The summed E-state index contributed by atoms with van der Waals surface area (Å²) in [5, 5.41) is 0.873. The smallest absolute Gasteiger partial charge is 0.130 e. The van der Waals surface area contributed by atoms with Crippen LogP contribution in [-0.2, 0) is 5.33 Å². The van der Waals surface area contributed by atoms with Crippen LogP contribution < -0.4 is 4.74 Å². The highest BCUT2D eigenvalue weighted by Crippen LogP contribution is 2.27. The quantitative estimate of drug-likeness (QED) is 0.699. The van der Waals surface area contributed by atoms with Gasteiger partial charge in [0.05, 0.1) is 0 Å². The molecule has 2 aromatic carbocycles. The second-order valence-electron chi connectivity index (χ2n) is 4.66. The van der Waals surface area contributed by atoms with Gasteiger partial charge in [-0.1, -0.05) is 34.1 Å². The fraction of sp³-hybridized carbons (Fsp3) is 0.250. The number of aryl methyl sites for hydroxylation is 3. The van der Waals surface area contributed by atoms with Crippen LogP contribution in [0.3, 0.4) is 0 Å². The minimum absolute atomic E-state index is 0.873. The van der Waals surface area contributed by atoms with Gasteiger partial charge in [0.25, 0.3) is 0 Å². The van der Waals surface area contributed by atoms with Gasteiger partial charge in [-0.05, 0) is 61.2 Å². The second-order valence-corrected chi connectivity index (χ2v) is 5.22. The Morgan fingerprint density at radius 1 is 0.944 bits per heavy atom. The van der Waals surface area contributed by atoms with E-state index in [2.05, 4.69) is 67.0 Å². The Morgan fingerprint density at radius 3 is 2.17 bits per heavy atom. The summed E-state index contributed by atoms with van der Waals surface area (Å²) in [4.78, 5) is 0. The normalized spacial score (nSPS) is 10.4. The number of benzene rings is 2. The lowest BCUT2D eigenvalue weighted by atomic mass is 10.1. The molecule has 0 spiro atoms. The summed E-state index contributed by atoms with van der Waals surface area (Å²) in [6, 6.07) is 12.5. The van der Waals surface area contributed by atoms with E-state index in [0.29, 0.717) is 0 Å². The van der Waals surface area contributed by atoms with Gasteiger partial charge < -0.3 is 4.74 Å². The zero-order chi connectivity index (χ0) is 13.1. The van der Waals surface area contributed by atoms with Gasteiger partial charge in [-0.15, -0.1) is 0 Å². The van der Waals surface area contributed by atoms with Gasteiger partial charge >= 0.3 is 0 Å². The molecular weight excluding hydrogens is 288 g/mol. The molecule has 0 saturated carbocycles. The predicted octanol–water partition coefficient (Wildman–Crippen LogP) is 5.30. The lowest BCUT2D eigenvalue weighted by Crippen LogP contribution is -1.90. The van der Waals surface area contributed by atoms with Gasteiger partial charge in [-0.3, -0.25) is 0 Å². The van der Waals surface area contributed by atoms with Gasteiger partial charge in [-0.2, -0.15) is 0 Å². The minimum Gasteiger partial charge on any atom is -0.457 e. The number of alkyl halides is 1. The lowest BCUT2D eigenvalue weighted by Gasteiger charge is -2.11. The van der Waals surface area contributed by atoms with Gasteiger partial charge in [0.2, 0.25) is 0 Å². The van der Waals surface area contributed by atoms with E-state index in [9.17, 15) is 0 Å². The maximum absolute atomic E-state index is 5.95. The molecule has 0 fully saturated rings. The number of hydrogen-bond donors (Lipinski definition) is 0. The van der Waals surface area contributed by atoms with Gasteiger partial charge in [0.1, 0.15) is 11.5 Å². The summed E-state index contributed by atoms with van der Waals surface area (Å²) < 4.78 is 5.95. The first-order valence-electron chi connectivity index (χ1n) is 6.00.